The van der Waals surface area contributed by atoms with Gasteiger partial charge in [0.1, 0.15) is 17.8 Å². The second-order valence-corrected chi connectivity index (χ2v) is 6.25. The van der Waals surface area contributed by atoms with Crippen LogP contribution < -0.4 is 4.74 Å². The fourth-order valence-corrected chi connectivity index (χ4v) is 2.53. The molecular weight excluding hydrogens is 228 g/mol. The van der Waals surface area contributed by atoms with Gasteiger partial charge in [-0.05, 0) is 30.4 Å². The lowest BCUT2D eigenvalue weighted by molar-refractivity contribution is -0.140. The molecular formula is C15H20O3. The molecule has 0 fully saturated rings. The van der Waals surface area contributed by atoms with Crippen LogP contribution in [0.15, 0.2) is 18.2 Å². The van der Waals surface area contributed by atoms with Gasteiger partial charge in [-0.1, -0.05) is 32.9 Å². The van der Waals surface area contributed by atoms with Crippen LogP contribution in [0.25, 0.3) is 0 Å². The van der Waals surface area contributed by atoms with Gasteiger partial charge < -0.3 is 9.84 Å². The molecule has 2 atom stereocenters. The number of fused-ring (bicyclic) bond motifs is 1. The highest BCUT2D eigenvalue weighted by molar-refractivity contribution is 5.79. The molecule has 0 saturated heterocycles. The van der Waals surface area contributed by atoms with Crippen LogP contribution >= 0.6 is 0 Å². The number of carboxylic acids is 1. The Kier molecular flexibility index (Phi) is 3.09. The van der Waals surface area contributed by atoms with Crippen LogP contribution in [0.2, 0.25) is 0 Å². The van der Waals surface area contributed by atoms with Gasteiger partial charge in [0.15, 0.2) is 0 Å². The van der Waals surface area contributed by atoms with E-state index in [9.17, 15) is 9.90 Å². The molecule has 0 radical (unpaired) electrons. The van der Waals surface area contributed by atoms with Crippen LogP contribution in [-0.4, -0.2) is 17.2 Å². The summed E-state index contributed by atoms with van der Waals surface area (Å²) in [4.78, 5) is 11.3. The molecule has 1 aromatic rings. The van der Waals surface area contributed by atoms with E-state index in [0.29, 0.717) is 5.75 Å². The van der Waals surface area contributed by atoms with E-state index in [1.807, 2.05) is 25.1 Å². The highest BCUT2D eigenvalue weighted by atomic mass is 16.5. The molecule has 0 spiro atoms. The summed E-state index contributed by atoms with van der Waals surface area (Å²) in [6.45, 7) is 8.33. The summed E-state index contributed by atoms with van der Waals surface area (Å²) < 4.78 is 5.58. The Morgan fingerprint density at radius 1 is 1.39 bits per heavy atom. The maximum Gasteiger partial charge on any atom is 0.314 e. The third-order valence-electron chi connectivity index (χ3n) is 3.19. The van der Waals surface area contributed by atoms with Crippen molar-refractivity contribution in [1.82, 2.24) is 0 Å². The standard InChI is InChI=1S/C15H20O3/c1-9-13(14(16)17)11-7-10(8-15(2,3)4)5-6-12(11)18-9/h5-7,9,13H,8H2,1-4H3,(H,16,17)/t9-,13-/m0/s1. The first-order valence-corrected chi connectivity index (χ1v) is 6.30. The highest BCUT2D eigenvalue weighted by Crippen LogP contribution is 2.39. The Balaban J connectivity index is 2.35. The predicted octanol–water partition coefficient (Wildman–Crippen LogP) is 3.22. The summed E-state index contributed by atoms with van der Waals surface area (Å²) in [7, 11) is 0. The molecule has 0 amide bonds. The van der Waals surface area contributed by atoms with Crippen LogP contribution in [0.1, 0.15) is 44.7 Å². The van der Waals surface area contributed by atoms with Crippen molar-refractivity contribution in [3.8, 4) is 5.75 Å². The summed E-state index contributed by atoms with van der Waals surface area (Å²) in [5.74, 6) is -0.637. The van der Waals surface area contributed by atoms with Gasteiger partial charge in [0, 0.05) is 5.56 Å². The Morgan fingerprint density at radius 2 is 2.06 bits per heavy atom. The molecule has 98 valence electrons. The first-order chi connectivity index (χ1) is 8.28. The average molecular weight is 248 g/mol. The summed E-state index contributed by atoms with van der Waals surface area (Å²) in [5, 5.41) is 9.27. The van der Waals surface area contributed by atoms with Crippen molar-refractivity contribution in [1.29, 1.82) is 0 Å². The van der Waals surface area contributed by atoms with Gasteiger partial charge >= 0.3 is 5.97 Å². The van der Waals surface area contributed by atoms with Gasteiger partial charge in [-0.15, -0.1) is 0 Å². The minimum absolute atomic E-state index is 0.192. The lowest BCUT2D eigenvalue weighted by Crippen LogP contribution is -2.21. The molecule has 3 heteroatoms. The second kappa shape index (κ2) is 4.30. The smallest absolute Gasteiger partial charge is 0.314 e. The van der Waals surface area contributed by atoms with Crippen molar-refractivity contribution in [3.05, 3.63) is 29.3 Å². The summed E-state index contributed by atoms with van der Waals surface area (Å²) in [5.41, 5.74) is 2.18. The molecule has 0 saturated carbocycles. The van der Waals surface area contributed by atoms with E-state index >= 15 is 0 Å². The van der Waals surface area contributed by atoms with Crippen molar-refractivity contribution >= 4 is 5.97 Å². The van der Waals surface area contributed by atoms with Crippen molar-refractivity contribution in [2.24, 2.45) is 5.41 Å². The predicted molar refractivity (Wildman–Crippen MR) is 70.1 cm³/mol. The van der Waals surface area contributed by atoms with Gasteiger partial charge in [-0.25, -0.2) is 0 Å². The van der Waals surface area contributed by atoms with E-state index in [1.54, 1.807) is 0 Å². The molecule has 0 bridgehead atoms. The third-order valence-corrected chi connectivity index (χ3v) is 3.19. The number of aliphatic carboxylic acids is 1. The number of rotatable bonds is 2. The minimum Gasteiger partial charge on any atom is -0.489 e. The molecule has 0 aromatic heterocycles. The lowest BCUT2D eigenvalue weighted by atomic mass is 9.86. The number of hydrogen-bond donors (Lipinski definition) is 1. The first kappa shape index (κ1) is 12.9. The van der Waals surface area contributed by atoms with E-state index < -0.39 is 11.9 Å². The Bertz CT molecular complexity index is 471. The van der Waals surface area contributed by atoms with Gasteiger partial charge in [-0.2, -0.15) is 0 Å². The number of carboxylic acid groups (broad SMARTS) is 1. The van der Waals surface area contributed by atoms with Gasteiger partial charge in [-0.3, -0.25) is 4.79 Å². The van der Waals surface area contributed by atoms with E-state index in [0.717, 1.165) is 12.0 Å². The molecule has 18 heavy (non-hydrogen) atoms. The molecule has 3 nitrogen and oxygen atoms in total. The van der Waals surface area contributed by atoms with Crippen molar-refractivity contribution in [2.45, 2.75) is 46.1 Å². The molecule has 1 aliphatic rings. The van der Waals surface area contributed by atoms with E-state index in [2.05, 4.69) is 20.8 Å². The quantitative estimate of drug-likeness (QED) is 0.874. The topological polar surface area (TPSA) is 46.5 Å². The maximum absolute atomic E-state index is 11.3. The fraction of sp³-hybridized carbons (Fsp3) is 0.533. The largest absolute Gasteiger partial charge is 0.489 e. The maximum atomic E-state index is 11.3. The summed E-state index contributed by atoms with van der Waals surface area (Å²) in [6, 6.07) is 5.92. The summed E-state index contributed by atoms with van der Waals surface area (Å²) >= 11 is 0. The van der Waals surface area contributed by atoms with Crippen LogP contribution in [-0.2, 0) is 11.2 Å². The van der Waals surface area contributed by atoms with Crippen molar-refractivity contribution < 1.29 is 14.6 Å². The number of ether oxygens (including phenoxy) is 1. The Morgan fingerprint density at radius 3 is 2.61 bits per heavy atom. The molecule has 1 heterocycles. The molecule has 1 aliphatic heterocycles. The van der Waals surface area contributed by atoms with E-state index in [1.165, 1.54) is 5.56 Å². The highest BCUT2D eigenvalue weighted by Gasteiger charge is 2.37. The van der Waals surface area contributed by atoms with Gasteiger partial charge in [0.05, 0.1) is 0 Å². The molecule has 0 unspecified atom stereocenters. The first-order valence-electron chi connectivity index (χ1n) is 6.30. The third kappa shape index (κ3) is 2.50. The van der Waals surface area contributed by atoms with Crippen LogP contribution in [0.5, 0.6) is 5.75 Å². The SMILES string of the molecule is C[C@@H]1Oc2ccc(CC(C)(C)C)cc2[C@H]1C(=O)O. The minimum atomic E-state index is -0.811. The number of carbonyl (C=O) groups is 1. The van der Waals surface area contributed by atoms with Crippen molar-refractivity contribution in [2.75, 3.05) is 0 Å². The molecule has 2 rings (SSSR count). The second-order valence-electron chi connectivity index (χ2n) is 6.25. The molecule has 1 N–H and O–H groups in total. The number of benzene rings is 1. The monoisotopic (exact) mass is 248 g/mol. The van der Waals surface area contributed by atoms with Crippen LogP contribution in [0.3, 0.4) is 0 Å². The zero-order chi connectivity index (χ0) is 13.5. The zero-order valence-corrected chi connectivity index (χ0v) is 11.4. The fourth-order valence-electron chi connectivity index (χ4n) is 2.53. The molecule has 0 aliphatic carbocycles. The van der Waals surface area contributed by atoms with Gasteiger partial charge in [0.2, 0.25) is 0 Å². The van der Waals surface area contributed by atoms with Gasteiger partial charge in [0.25, 0.3) is 0 Å². The zero-order valence-electron chi connectivity index (χ0n) is 11.4. The molecule has 1 aromatic carbocycles. The Labute approximate surface area is 108 Å². The summed E-state index contributed by atoms with van der Waals surface area (Å²) in [6.07, 6.45) is 0.642. The number of hydrogen-bond acceptors (Lipinski definition) is 2. The van der Waals surface area contributed by atoms with Crippen LogP contribution in [0.4, 0.5) is 0 Å². The lowest BCUT2D eigenvalue weighted by Gasteiger charge is -2.18. The van der Waals surface area contributed by atoms with E-state index in [4.69, 9.17) is 4.74 Å². The average Bonchev–Trinajstić information content (AvgIpc) is 2.50. The van der Waals surface area contributed by atoms with Crippen LogP contribution in [0, 0.1) is 5.41 Å². The van der Waals surface area contributed by atoms with Crippen molar-refractivity contribution in [3.63, 3.8) is 0 Å². The Hall–Kier alpha value is -1.51. The normalized spacial score (nSPS) is 22.4. The van der Waals surface area contributed by atoms with E-state index in [-0.39, 0.29) is 11.5 Å².